The van der Waals surface area contributed by atoms with Gasteiger partial charge in [-0.25, -0.2) is 0 Å². The average molecular weight is 272 g/mol. The number of carbonyl (C=O) groups is 1. The molecule has 1 fully saturated rings. The fourth-order valence-electron chi connectivity index (χ4n) is 2.78. The molecule has 106 valence electrons. The maximum absolute atomic E-state index is 12.2. The summed E-state index contributed by atoms with van der Waals surface area (Å²) < 4.78 is 5.50. The van der Waals surface area contributed by atoms with Crippen molar-refractivity contribution in [2.75, 3.05) is 19.7 Å². The Kier molecular flexibility index (Phi) is 4.62. The van der Waals surface area contributed by atoms with Crippen molar-refractivity contribution in [2.45, 2.75) is 20.3 Å². The zero-order valence-corrected chi connectivity index (χ0v) is 12.0. The Labute approximate surface area is 120 Å². The van der Waals surface area contributed by atoms with Crippen LogP contribution in [0.15, 0.2) is 24.3 Å². The topological polar surface area (TPSA) is 53.3 Å². The summed E-state index contributed by atoms with van der Waals surface area (Å²) in [6.07, 6.45) is 1.17. The minimum Gasteiger partial charge on any atom is -0.482 e. The van der Waals surface area contributed by atoms with Crippen LogP contribution < -0.4 is 4.74 Å². The number of rotatable bonds is 3. The van der Waals surface area contributed by atoms with Gasteiger partial charge in [-0.15, -0.1) is 0 Å². The smallest absolute Gasteiger partial charge is 0.260 e. The van der Waals surface area contributed by atoms with Crippen LogP contribution in [-0.2, 0) is 4.79 Å². The molecule has 4 nitrogen and oxygen atoms in total. The van der Waals surface area contributed by atoms with Gasteiger partial charge in [0.15, 0.2) is 6.61 Å². The number of benzene rings is 1. The number of piperidine rings is 1. The van der Waals surface area contributed by atoms with Crippen LogP contribution in [0, 0.1) is 23.2 Å². The van der Waals surface area contributed by atoms with Crippen molar-refractivity contribution in [3.05, 3.63) is 29.8 Å². The SMILES string of the molecule is C[C@@H]1C[C@@H](C)CN(C(=O)COc2ccccc2C#N)C1. The van der Waals surface area contributed by atoms with E-state index in [9.17, 15) is 4.79 Å². The number of nitrogens with zero attached hydrogens (tertiary/aromatic N) is 2. The molecule has 0 spiro atoms. The van der Waals surface area contributed by atoms with E-state index in [1.165, 1.54) is 6.42 Å². The molecule has 0 radical (unpaired) electrons. The molecule has 1 aromatic rings. The van der Waals surface area contributed by atoms with E-state index >= 15 is 0 Å². The number of likely N-dealkylation sites (tertiary alicyclic amines) is 1. The first-order valence-corrected chi connectivity index (χ1v) is 7.00. The Bertz CT molecular complexity index is 511. The second-order valence-corrected chi connectivity index (χ2v) is 5.64. The second kappa shape index (κ2) is 6.42. The first-order chi connectivity index (χ1) is 9.60. The van der Waals surface area contributed by atoms with E-state index in [-0.39, 0.29) is 12.5 Å². The van der Waals surface area contributed by atoms with Gasteiger partial charge in [-0.1, -0.05) is 26.0 Å². The lowest BCUT2D eigenvalue weighted by Crippen LogP contribution is -2.44. The molecule has 1 aliphatic rings. The summed E-state index contributed by atoms with van der Waals surface area (Å²) in [6.45, 7) is 5.93. The maximum atomic E-state index is 12.2. The van der Waals surface area contributed by atoms with Crippen LogP contribution in [0.1, 0.15) is 25.8 Å². The van der Waals surface area contributed by atoms with Gasteiger partial charge in [0.2, 0.25) is 0 Å². The molecule has 20 heavy (non-hydrogen) atoms. The van der Waals surface area contributed by atoms with Gasteiger partial charge in [0.1, 0.15) is 11.8 Å². The molecule has 0 N–H and O–H groups in total. The van der Waals surface area contributed by atoms with Gasteiger partial charge in [0.05, 0.1) is 5.56 Å². The summed E-state index contributed by atoms with van der Waals surface area (Å²) in [5, 5.41) is 8.98. The predicted octanol–water partition coefficient (Wildman–Crippen LogP) is 2.44. The Morgan fingerprint density at radius 2 is 2.00 bits per heavy atom. The minimum atomic E-state index is -0.00357. The van der Waals surface area contributed by atoms with Crippen LogP contribution >= 0.6 is 0 Å². The summed E-state index contributed by atoms with van der Waals surface area (Å²) in [4.78, 5) is 14.0. The van der Waals surface area contributed by atoms with E-state index in [0.717, 1.165) is 13.1 Å². The molecule has 0 unspecified atom stereocenters. The fraction of sp³-hybridized carbons (Fsp3) is 0.500. The van der Waals surface area contributed by atoms with Crippen molar-refractivity contribution in [2.24, 2.45) is 11.8 Å². The number of amides is 1. The summed E-state index contributed by atoms with van der Waals surface area (Å²) in [5.41, 5.74) is 0.459. The summed E-state index contributed by atoms with van der Waals surface area (Å²) in [5.74, 6) is 1.54. The molecule has 0 aliphatic carbocycles. The average Bonchev–Trinajstić information content (AvgIpc) is 2.44. The summed E-state index contributed by atoms with van der Waals surface area (Å²) in [7, 11) is 0. The molecule has 0 aromatic heterocycles. The molecule has 1 aromatic carbocycles. The molecule has 1 heterocycles. The number of para-hydroxylation sites is 1. The molecule has 2 rings (SSSR count). The standard InChI is InChI=1S/C16H20N2O2/c1-12-7-13(2)10-18(9-12)16(19)11-20-15-6-4-3-5-14(15)8-17/h3-6,12-13H,7,9-11H2,1-2H3/t12-,13-/m1/s1. The van der Waals surface area contributed by atoms with Crippen LogP contribution in [0.5, 0.6) is 5.75 Å². The van der Waals surface area contributed by atoms with E-state index in [2.05, 4.69) is 19.9 Å². The molecule has 1 amide bonds. The zero-order valence-electron chi connectivity index (χ0n) is 12.0. The van der Waals surface area contributed by atoms with E-state index in [4.69, 9.17) is 10.00 Å². The van der Waals surface area contributed by atoms with E-state index < -0.39 is 0 Å². The monoisotopic (exact) mass is 272 g/mol. The lowest BCUT2D eigenvalue weighted by atomic mass is 9.92. The van der Waals surface area contributed by atoms with Crippen LogP contribution in [0.2, 0.25) is 0 Å². The molecule has 0 saturated carbocycles. The van der Waals surface area contributed by atoms with Crippen LogP contribution in [0.4, 0.5) is 0 Å². The summed E-state index contributed by atoms with van der Waals surface area (Å²) >= 11 is 0. The normalized spacial score (nSPS) is 22.1. The van der Waals surface area contributed by atoms with Crippen LogP contribution in [0.3, 0.4) is 0 Å². The number of hydrogen-bond acceptors (Lipinski definition) is 3. The fourth-order valence-corrected chi connectivity index (χ4v) is 2.78. The first-order valence-electron chi connectivity index (χ1n) is 7.00. The van der Waals surface area contributed by atoms with Gasteiger partial charge in [0, 0.05) is 13.1 Å². The highest BCUT2D eigenvalue weighted by Gasteiger charge is 2.25. The lowest BCUT2D eigenvalue weighted by molar-refractivity contribution is -0.136. The van der Waals surface area contributed by atoms with E-state index in [0.29, 0.717) is 23.1 Å². The van der Waals surface area contributed by atoms with Crippen molar-refractivity contribution in [1.82, 2.24) is 4.90 Å². The minimum absolute atomic E-state index is 0.00185. The molecule has 0 bridgehead atoms. The molecule has 1 aliphatic heterocycles. The molecule has 2 atom stereocenters. The van der Waals surface area contributed by atoms with E-state index in [1.54, 1.807) is 24.3 Å². The van der Waals surface area contributed by atoms with Crippen molar-refractivity contribution in [3.8, 4) is 11.8 Å². The lowest BCUT2D eigenvalue weighted by Gasteiger charge is -2.34. The van der Waals surface area contributed by atoms with Gasteiger partial charge in [-0.05, 0) is 30.4 Å². The predicted molar refractivity (Wildman–Crippen MR) is 76.2 cm³/mol. The van der Waals surface area contributed by atoms with Crippen molar-refractivity contribution < 1.29 is 9.53 Å². The van der Waals surface area contributed by atoms with Crippen molar-refractivity contribution in [1.29, 1.82) is 5.26 Å². The number of ether oxygens (including phenoxy) is 1. The van der Waals surface area contributed by atoms with Crippen molar-refractivity contribution in [3.63, 3.8) is 0 Å². The molecular weight excluding hydrogens is 252 g/mol. The quantitative estimate of drug-likeness (QED) is 0.849. The summed E-state index contributed by atoms with van der Waals surface area (Å²) in [6, 6.07) is 9.04. The van der Waals surface area contributed by atoms with Gasteiger partial charge < -0.3 is 9.64 Å². The Balaban J connectivity index is 1.94. The van der Waals surface area contributed by atoms with Gasteiger partial charge in [0.25, 0.3) is 5.91 Å². The number of carbonyl (C=O) groups excluding carboxylic acids is 1. The maximum Gasteiger partial charge on any atom is 0.260 e. The van der Waals surface area contributed by atoms with E-state index in [1.807, 2.05) is 4.90 Å². The Hall–Kier alpha value is -2.02. The highest BCUT2D eigenvalue weighted by atomic mass is 16.5. The number of hydrogen-bond donors (Lipinski definition) is 0. The van der Waals surface area contributed by atoms with Gasteiger partial charge in [-0.3, -0.25) is 4.79 Å². The van der Waals surface area contributed by atoms with Crippen molar-refractivity contribution >= 4 is 5.91 Å². The first kappa shape index (κ1) is 14.4. The third kappa shape index (κ3) is 3.51. The molecule has 1 saturated heterocycles. The molecular formula is C16H20N2O2. The zero-order chi connectivity index (χ0) is 14.5. The third-order valence-electron chi connectivity index (χ3n) is 3.58. The van der Waals surface area contributed by atoms with Gasteiger partial charge >= 0.3 is 0 Å². The Morgan fingerprint density at radius 3 is 2.65 bits per heavy atom. The largest absolute Gasteiger partial charge is 0.482 e. The highest BCUT2D eigenvalue weighted by molar-refractivity contribution is 5.78. The number of nitriles is 1. The van der Waals surface area contributed by atoms with Gasteiger partial charge in [-0.2, -0.15) is 5.26 Å². The Morgan fingerprint density at radius 1 is 1.35 bits per heavy atom. The molecule has 4 heteroatoms. The highest BCUT2D eigenvalue weighted by Crippen LogP contribution is 2.21. The second-order valence-electron chi connectivity index (χ2n) is 5.64. The van der Waals surface area contributed by atoms with Crippen LogP contribution in [0.25, 0.3) is 0 Å². The third-order valence-corrected chi connectivity index (χ3v) is 3.58. The van der Waals surface area contributed by atoms with Crippen LogP contribution in [-0.4, -0.2) is 30.5 Å².